The predicted molar refractivity (Wildman–Crippen MR) is 101 cm³/mol. The highest BCUT2D eigenvalue weighted by atomic mass is 32.2. The fraction of sp³-hybridized carbons (Fsp3) is 0.167. The molecule has 1 aliphatic rings. The van der Waals surface area contributed by atoms with E-state index < -0.39 is 0 Å². The first-order valence-electron chi connectivity index (χ1n) is 7.68. The zero-order chi connectivity index (χ0) is 17.8. The smallest absolute Gasteiger partial charge is 0.293 e. The molecule has 2 aromatic rings. The summed E-state index contributed by atoms with van der Waals surface area (Å²) in [5, 5.41) is 4.23. The van der Waals surface area contributed by atoms with Gasteiger partial charge >= 0.3 is 0 Å². The Hall–Kier alpha value is -2.38. The van der Waals surface area contributed by atoms with Gasteiger partial charge in [-0.1, -0.05) is 35.9 Å². The van der Waals surface area contributed by atoms with Crippen LogP contribution < -0.4 is 5.32 Å². The Balaban J connectivity index is 1.59. The van der Waals surface area contributed by atoms with Gasteiger partial charge in [-0.25, -0.2) is 0 Å². The Morgan fingerprint density at radius 3 is 2.64 bits per heavy atom. The zero-order valence-electron chi connectivity index (χ0n) is 13.5. The maximum atomic E-state index is 12.4. The quantitative estimate of drug-likeness (QED) is 0.816. The molecule has 0 atom stereocenters. The van der Waals surface area contributed by atoms with Crippen LogP contribution >= 0.6 is 23.1 Å². The summed E-state index contributed by atoms with van der Waals surface area (Å²) in [5.41, 5.74) is 2.01. The summed E-state index contributed by atoms with van der Waals surface area (Å²) < 4.78 is 0. The van der Waals surface area contributed by atoms with Crippen LogP contribution in [0, 0.1) is 6.92 Å². The van der Waals surface area contributed by atoms with Crippen molar-refractivity contribution in [2.24, 2.45) is 0 Å². The number of carbonyl (C=O) groups is 3. The summed E-state index contributed by atoms with van der Waals surface area (Å²) in [6, 6.07) is 11.2. The lowest BCUT2D eigenvalue weighted by Gasteiger charge is -2.12. The summed E-state index contributed by atoms with van der Waals surface area (Å²) in [4.78, 5) is 38.5. The van der Waals surface area contributed by atoms with E-state index in [1.54, 1.807) is 18.2 Å². The van der Waals surface area contributed by atoms with Gasteiger partial charge in [0.05, 0.1) is 9.78 Å². The van der Waals surface area contributed by atoms with Crippen LogP contribution in [0.25, 0.3) is 6.08 Å². The largest absolute Gasteiger partial charge is 0.350 e. The number of benzene rings is 1. The number of amides is 3. The van der Waals surface area contributed by atoms with Crippen LogP contribution in [0.1, 0.15) is 20.8 Å². The van der Waals surface area contributed by atoms with Crippen LogP contribution in [0.5, 0.6) is 0 Å². The SMILES string of the molecule is Cc1ccc(C=C2SC(=O)N(CCNC(=O)c3cccs3)C2=O)cc1. The van der Waals surface area contributed by atoms with E-state index in [2.05, 4.69) is 5.32 Å². The number of imide groups is 1. The van der Waals surface area contributed by atoms with Crippen LogP contribution in [-0.4, -0.2) is 35.0 Å². The van der Waals surface area contributed by atoms with Crippen molar-refractivity contribution in [3.63, 3.8) is 0 Å². The lowest BCUT2D eigenvalue weighted by Crippen LogP contribution is -2.37. The van der Waals surface area contributed by atoms with E-state index in [-0.39, 0.29) is 30.1 Å². The minimum absolute atomic E-state index is 0.160. The number of thioether (sulfide) groups is 1. The second-order valence-corrected chi connectivity index (χ2v) is 7.42. The second kappa shape index (κ2) is 7.67. The molecular formula is C18H16N2O3S2. The van der Waals surface area contributed by atoms with E-state index in [4.69, 9.17) is 0 Å². The maximum Gasteiger partial charge on any atom is 0.293 e. The lowest BCUT2D eigenvalue weighted by molar-refractivity contribution is -0.122. The fourth-order valence-corrected chi connectivity index (χ4v) is 3.79. The van der Waals surface area contributed by atoms with Crippen LogP contribution in [-0.2, 0) is 4.79 Å². The van der Waals surface area contributed by atoms with Gasteiger partial charge in [-0.3, -0.25) is 19.3 Å². The Kier molecular flexibility index (Phi) is 5.35. The molecule has 3 rings (SSSR count). The number of hydrogen-bond donors (Lipinski definition) is 1. The molecule has 1 aromatic heterocycles. The monoisotopic (exact) mass is 372 g/mol. The molecule has 1 fully saturated rings. The fourth-order valence-electron chi connectivity index (χ4n) is 2.28. The first kappa shape index (κ1) is 17.4. The number of rotatable bonds is 5. The number of aryl methyl sites for hydroxylation is 1. The summed E-state index contributed by atoms with van der Waals surface area (Å²) in [6.07, 6.45) is 1.72. The van der Waals surface area contributed by atoms with Gasteiger partial charge < -0.3 is 5.32 Å². The van der Waals surface area contributed by atoms with Crippen molar-refractivity contribution in [2.75, 3.05) is 13.1 Å². The number of hydrogen-bond acceptors (Lipinski definition) is 5. The van der Waals surface area contributed by atoms with Gasteiger partial charge in [0.2, 0.25) is 0 Å². The molecule has 1 saturated heterocycles. The van der Waals surface area contributed by atoms with Crippen LogP contribution in [0.3, 0.4) is 0 Å². The first-order chi connectivity index (χ1) is 12.0. The molecule has 3 amide bonds. The molecule has 0 spiro atoms. The highest BCUT2D eigenvalue weighted by molar-refractivity contribution is 8.18. The van der Waals surface area contributed by atoms with Gasteiger partial charge in [0.1, 0.15) is 0 Å². The van der Waals surface area contributed by atoms with E-state index in [1.165, 1.54) is 16.2 Å². The van der Waals surface area contributed by atoms with Crippen molar-refractivity contribution in [3.8, 4) is 0 Å². The van der Waals surface area contributed by atoms with Gasteiger partial charge in [-0.2, -0.15) is 0 Å². The topological polar surface area (TPSA) is 66.5 Å². The van der Waals surface area contributed by atoms with Crippen LogP contribution in [0.4, 0.5) is 4.79 Å². The van der Waals surface area contributed by atoms with Crippen molar-refractivity contribution in [3.05, 3.63) is 62.7 Å². The number of thiophene rings is 1. The number of nitrogens with zero attached hydrogens (tertiary/aromatic N) is 1. The Bertz CT molecular complexity index is 827. The van der Waals surface area contributed by atoms with Crippen LogP contribution in [0.2, 0.25) is 0 Å². The molecule has 1 aliphatic heterocycles. The number of carbonyl (C=O) groups excluding carboxylic acids is 3. The maximum absolute atomic E-state index is 12.4. The molecule has 0 saturated carbocycles. The molecule has 0 radical (unpaired) electrons. The molecule has 7 heteroatoms. The highest BCUT2D eigenvalue weighted by Gasteiger charge is 2.34. The molecule has 128 valence electrons. The van der Waals surface area contributed by atoms with Crippen LogP contribution in [0.15, 0.2) is 46.7 Å². The van der Waals surface area contributed by atoms with Gasteiger partial charge in [0.15, 0.2) is 0 Å². The summed E-state index contributed by atoms with van der Waals surface area (Å²) in [5.74, 6) is -0.516. The summed E-state index contributed by atoms with van der Waals surface area (Å²) in [6.45, 7) is 2.38. The third-order valence-electron chi connectivity index (χ3n) is 3.61. The van der Waals surface area contributed by atoms with Crippen molar-refractivity contribution in [2.45, 2.75) is 6.92 Å². The highest BCUT2D eigenvalue weighted by Crippen LogP contribution is 2.31. The molecule has 5 nitrogen and oxygen atoms in total. The molecule has 25 heavy (non-hydrogen) atoms. The lowest BCUT2D eigenvalue weighted by atomic mass is 10.1. The van der Waals surface area contributed by atoms with Crippen molar-refractivity contribution in [1.29, 1.82) is 0 Å². The minimum atomic E-state index is -0.319. The first-order valence-corrected chi connectivity index (χ1v) is 9.38. The van der Waals surface area contributed by atoms with E-state index in [0.717, 1.165) is 22.9 Å². The Labute approximate surface area is 153 Å². The van der Waals surface area contributed by atoms with Gasteiger partial charge in [-0.05, 0) is 41.8 Å². The minimum Gasteiger partial charge on any atom is -0.350 e. The zero-order valence-corrected chi connectivity index (χ0v) is 15.2. The van der Waals surface area contributed by atoms with Gasteiger partial charge in [0, 0.05) is 13.1 Å². The third kappa shape index (κ3) is 4.18. The molecule has 0 bridgehead atoms. The molecular weight excluding hydrogens is 356 g/mol. The standard InChI is InChI=1S/C18H16N2O3S2/c1-12-4-6-13(7-5-12)11-15-17(22)20(18(23)25-15)9-8-19-16(21)14-3-2-10-24-14/h2-7,10-11H,8-9H2,1H3,(H,19,21). The van der Waals surface area contributed by atoms with Gasteiger partial charge in [-0.15, -0.1) is 11.3 Å². The van der Waals surface area contributed by atoms with E-state index in [0.29, 0.717) is 9.78 Å². The molecule has 1 aromatic carbocycles. The summed E-state index contributed by atoms with van der Waals surface area (Å²) >= 11 is 2.27. The van der Waals surface area contributed by atoms with E-state index >= 15 is 0 Å². The Morgan fingerprint density at radius 1 is 1.20 bits per heavy atom. The normalized spacial score (nSPS) is 15.9. The molecule has 0 aliphatic carbocycles. The summed E-state index contributed by atoms with van der Waals surface area (Å²) in [7, 11) is 0. The predicted octanol–water partition coefficient (Wildman–Crippen LogP) is 3.52. The molecule has 0 unspecified atom stereocenters. The third-order valence-corrected chi connectivity index (χ3v) is 5.39. The van der Waals surface area contributed by atoms with E-state index in [1.807, 2.05) is 36.6 Å². The van der Waals surface area contributed by atoms with E-state index in [9.17, 15) is 14.4 Å². The number of nitrogens with one attached hydrogen (secondary N) is 1. The average molecular weight is 372 g/mol. The van der Waals surface area contributed by atoms with Crippen molar-refractivity contribution < 1.29 is 14.4 Å². The molecule has 1 N–H and O–H groups in total. The average Bonchev–Trinajstić information content (AvgIpc) is 3.21. The van der Waals surface area contributed by atoms with Gasteiger partial charge in [0.25, 0.3) is 17.1 Å². The second-order valence-electron chi connectivity index (χ2n) is 5.48. The van der Waals surface area contributed by atoms with Crippen molar-refractivity contribution in [1.82, 2.24) is 10.2 Å². The Morgan fingerprint density at radius 2 is 1.96 bits per heavy atom. The molecule has 2 heterocycles. The van der Waals surface area contributed by atoms with Crippen molar-refractivity contribution >= 4 is 46.2 Å².